The Morgan fingerprint density at radius 3 is 2.33 bits per heavy atom. The number of hydrogen-bond acceptors (Lipinski definition) is 8. The average molecular weight is 413 g/mol. The van der Waals surface area contributed by atoms with Gasteiger partial charge in [0.15, 0.2) is 4.21 Å². The third-order valence-corrected chi connectivity index (χ3v) is 6.71. The molecule has 0 aliphatic rings. The normalized spacial score (nSPS) is 11.0. The molecule has 8 nitrogen and oxygen atoms in total. The minimum Gasteiger partial charge on any atom is -0.492 e. The Labute approximate surface area is 161 Å². The van der Waals surface area contributed by atoms with E-state index in [1.807, 2.05) is 0 Å². The molecule has 10 heteroatoms. The van der Waals surface area contributed by atoms with Crippen LogP contribution in [0.25, 0.3) is 0 Å². The highest BCUT2D eigenvalue weighted by Crippen LogP contribution is 2.35. The van der Waals surface area contributed by atoms with Gasteiger partial charge in [0.25, 0.3) is 10.0 Å². The number of methoxy groups -OCH3 is 2. The first-order chi connectivity index (χ1) is 12.8. The van der Waals surface area contributed by atoms with Gasteiger partial charge in [-0.05, 0) is 31.5 Å². The molecule has 0 aliphatic carbocycles. The number of nitrogens with one attached hydrogen (secondary N) is 1. The summed E-state index contributed by atoms with van der Waals surface area (Å²) < 4.78 is 42.8. The molecule has 1 N–H and O–H groups in total. The molecular formula is C17H19NO7S2. The van der Waals surface area contributed by atoms with Crippen molar-refractivity contribution in [1.82, 2.24) is 0 Å². The lowest BCUT2D eigenvalue weighted by molar-refractivity contribution is 0.0596. The van der Waals surface area contributed by atoms with Crippen LogP contribution in [-0.2, 0) is 19.5 Å². The van der Waals surface area contributed by atoms with Crippen molar-refractivity contribution in [3.8, 4) is 5.75 Å². The third-order valence-electron chi connectivity index (χ3n) is 3.55. The second-order valence-electron chi connectivity index (χ2n) is 5.24. The standard InChI is InChI=1S/C17H19NO7S2/c1-5-25-12-9-7-6-8-11(12)18-27(21,22)17-13(15(19)23-3)10(2)14(26-17)16(20)24-4/h6-9,18H,5H2,1-4H3. The lowest BCUT2D eigenvalue weighted by Crippen LogP contribution is -2.16. The van der Waals surface area contributed by atoms with Crippen molar-refractivity contribution in [2.24, 2.45) is 0 Å². The SMILES string of the molecule is CCOc1ccccc1NS(=O)(=O)c1sc(C(=O)OC)c(C)c1C(=O)OC. The number of hydrogen-bond donors (Lipinski definition) is 1. The highest BCUT2D eigenvalue weighted by molar-refractivity contribution is 7.94. The summed E-state index contributed by atoms with van der Waals surface area (Å²) in [6, 6.07) is 6.48. The summed E-state index contributed by atoms with van der Waals surface area (Å²) in [4.78, 5) is 24.1. The van der Waals surface area contributed by atoms with Crippen LogP contribution in [0.2, 0.25) is 0 Å². The Bertz CT molecular complexity index is 964. The van der Waals surface area contributed by atoms with Gasteiger partial charge in [-0.3, -0.25) is 4.72 Å². The number of benzene rings is 1. The molecule has 0 radical (unpaired) electrons. The van der Waals surface area contributed by atoms with Gasteiger partial charge in [-0.25, -0.2) is 18.0 Å². The van der Waals surface area contributed by atoms with Crippen molar-refractivity contribution in [3.05, 3.63) is 40.3 Å². The maximum absolute atomic E-state index is 13.0. The predicted molar refractivity (Wildman–Crippen MR) is 100 cm³/mol. The van der Waals surface area contributed by atoms with Gasteiger partial charge in [-0.1, -0.05) is 12.1 Å². The number of sulfonamides is 1. The largest absolute Gasteiger partial charge is 0.492 e. The second kappa shape index (κ2) is 8.40. The molecule has 1 aromatic heterocycles. The first kappa shape index (κ1) is 20.7. The molecule has 1 heterocycles. The van der Waals surface area contributed by atoms with E-state index in [-0.39, 0.29) is 25.9 Å². The fraction of sp³-hybridized carbons (Fsp3) is 0.294. The fourth-order valence-corrected chi connectivity index (χ4v) is 5.14. The van der Waals surface area contributed by atoms with Gasteiger partial charge in [-0.2, -0.15) is 0 Å². The molecular weight excluding hydrogens is 394 g/mol. The van der Waals surface area contributed by atoms with Crippen molar-refractivity contribution >= 4 is 39.0 Å². The Morgan fingerprint density at radius 1 is 1.11 bits per heavy atom. The molecule has 27 heavy (non-hydrogen) atoms. The summed E-state index contributed by atoms with van der Waals surface area (Å²) in [5.74, 6) is -1.26. The quantitative estimate of drug-likeness (QED) is 0.695. The van der Waals surface area contributed by atoms with Gasteiger partial charge in [-0.15, -0.1) is 11.3 Å². The first-order valence-corrected chi connectivity index (χ1v) is 10.1. The molecule has 0 unspecified atom stereocenters. The van der Waals surface area contributed by atoms with Gasteiger partial charge in [0.05, 0.1) is 32.1 Å². The van der Waals surface area contributed by atoms with E-state index in [2.05, 4.69) is 9.46 Å². The van der Waals surface area contributed by atoms with Crippen molar-refractivity contribution in [3.63, 3.8) is 0 Å². The highest BCUT2D eigenvalue weighted by atomic mass is 32.2. The Balaban J connectivity index is 2.59. The lowest BCUT2D eigenvalue weighted by Gasteiger charge is -2.12. The van der Waals surface area contributed by atoms with Gasteiger partial charge in [0.1, 0.15) is 10.6 Å². The predicted octanol–water partition coefficient (Wildman–Crippen LogP) is 2.83. The molecule has 0 bridgehead atoms. The molecule has 0 fully saturated rings. The summed E-state index contributed by atoms with van der Waals surface area (Å²) >= 11 is 0.641. The molecule has 0 atom stereocenters. The number of thiophene rings is 1. The number of para-hydroxylation sites is 2. The molecule has 0 amide bonds. The number of ether oxygens (including phenoxy) is 3. The summed E-state index contributed by atoms with van der Waals surface area (Å²) in [5.41, 5.74) is 0.183. The van der Waals surface area contributed by atoms with E-state index in [4.69, 9.17) is 9.47 Å². The van der Waals surface area contributed by atoms with Crippen molar-refractivity contribution in [2.75, 3.05) is 25.5 Å². The van der Waals surface area contributed by atoms with Crippen molar-refractivity contribution < 1.29 is 32.2 Å². The van der Waals surface area contributed by atoms with Crippen LogP contribution in [0.4, 0.5) is 5.69 Å². The minimum atomic E-state index is -4.20. The molecule has 1 aromatic carbocycles. The first-order valence-electron chi connectivity index (χ1n) is 7.81. The molecule has 2 aromatic rings. The van der Waals surface area contributed by atoms with Crippen LogP contribution >= 0.6 is 11.3 Å². The monoisotopic (exact) mass is 413 g/mol. The summed E-state index contributed by atoms with van der Waals surface area (Å²) in [6.07, 6.45) is 0. The third kappa shape index (κ3) is 4.22. The maximum Gasteiger partial charge on any atom is 0.348 e. The smallest absolute Gasteiger partial charge is 0.348 e. The number of anilines is 1. The average Bonchev–Trinajstić information content (AvgIpc) is 3.00. The van der Waals surface area contributed by atoms with Gasteiger partial charge in [0.2, 0.25) is 0 Å². The number of rotatable bonds is 7. The number of esters is 2. The molecule has 146 valence electrons. The summed E-state index contributed by atoms with van der Waals surface area (Å²) in [6.45, 7) is 3.57. The van der Waals surface area contributed by atoms with Crippen LogP contribution in [-0.4, -0.2) is 41.2 Å². The van der Waals surface area contributed by atoms with Crippen LogP contribution in [0.3, 0.4) is 0 Å². The topological polar surface area (TPSA) is 108 Å². The van der Waals surface area contributed by atoms with Gasteiger partial charge in [0, 0.05) is 0 Å². The van der Waals surface area contributed by atoms with E-state index in [0.29, 0.717) is 23.7 Å². The van der Waals surface area contributed by atoms with Crippen LogP contribution < -0.4 is 9.46 Å². The van der Waals surface area contributed by atoms with E-state index in [0.717, 1.165) is 7.11 Å². The number of carbonyl (C=O) groups excluding carboxylic acids is 2. The second-order valence-corrected chi connectivity index (χ2v) is 8.13. The Morgan fingerprint density at radius 2 is 1.74 bits per heavy atom. The molecule has 0 aliphatic heterocycles. The lowest BCUT2D eigenvalue weighted by atomic mass is 10.2. The zero-order valence-corrected chi connectivity index (χ0v) is 16.8. The van der Waals surface area contributed by atoms with E-state index in [9.17, 15) is 18.0 Å². The molecule has 2 rings (SSSR count). The van der Waals surface area contributed by atoms with Gasteiger partial charge < -0.3 is 14.2 Å². The van der Waals surface area contributed by atoms with Crippen LogP contribution in [0.5, 0.6) is 5.75 Å². The van der Waals surface area contributed by atoms with Crippen molar-refractivity contribution in [2.45, 2.75) is 18.1 Å². The van der Waals surface area contributed by atoms with E-state index >= 15 is 0 Å². The van der Waals surface area contributed by atoms with E-state index in [1.165, 1.54) is 20.1 Å². The van der Waals surface area contributed by atoms with E-state index in [1.54, 1.807) is 25.1 Å². The fourth-order valence-electron chi connectivity index (χ4n) is 2.33. The zero-order chi connectivity index (χ0) is 20.2. The molecule has 0 saturated carbocycles. The van der Waals surface area contributed by atoms with Crippen LogP contribution in [0.1, 0.15) is 32.5 Å². The Hall–Kier alpha value is -2.59. The maximum atomic E-state index is 13.0. The zero-order valence-electron chi connectivity index (χ0n) is 15.2. The summed E-state index contributed by atoms with van der Waals surface area (Å²) in [7, 11) is -1.90. The summed E-state index contributed by atoms with van der Waals surface area (Å²) in [5, 5.41) is 0. The van der Waals surface area contributed by atoms with Crippen LogP contribution in [0, 0.1) is 6.92 Å². The molecule has 0 spiro atoms. The van der Waals surface area contributed by atoms with E-state index < -0.39 is 22.0 Å². The molecule has 0 saturated heterocycles. The van der Waals surface area contributed by atoms with Crippen LogP contribution in [0.15, 0.2) is 28.5 Å². The van der Waals surface area contributed by atoms with Crippen molar-refractivity contribution in [1.29, 1.82) is 0 Å². The number of carbonyl (C=O) groups is 2. The minimum absolute atomic E-state index is 0.0105. The highest BCUT2D eigenvalue weighted by Gasteiger charge is 2.33. The Kier molecular flexibility index (Phi) is 6.45. The van der Waals surface area contributed by atoms with Gasteiger partial charge >= 0.3 is 11.9 Å².